The van der Waals surface area contributed by atoms with Crippen LogP contribution in [0.25, 0.3) is 5.69 Å². The Labute approximate surface area is 107 Å². The lowest BCUT2D eigenvalue weighted by molar-refractivity contribution is 0.724. The Morgan fingerprint density at radius 3 is 3.11 bits per heavy atom. The second-order valence-electron chi connectivity index (χ2n) is 4.16. The first-order valence-corrected chi connectivity index (χ1v) is 6.02. The van der Waals surface area contributed by atoms with Crippen LogP contribution in [0.4, 0.5) is 0 Å². The molecular formula is C14H16N4. The van der Waals surface area contributed by atoms with Crippen LogP contribution in [0.2, 0.25) is 0 Å². The minimum Gasteiger partial charge on any atom is -0.320 e. The lowest BCUT2D eigenvalue weighted by atomic mass is 10.2. The largest absolute Gasteiger partial charge is 0.320 e. The number of nitrogens with zero attached hydrogens (tertiary/aromatic N) is 3. The van der Waals surface area contributed by atoms with E-state index in [0.29, 0.717) is 5.56 Å². The Kier molecular flexibility index (Phi) is 4.11. The Morgan fingerprint density at radius 1 is 1.44 bits per heavy atom. The molecule has 0 amide bonds. The van der Waals surface area contributed by atoms with Gasteiger partial charge in [-0.25, -0.2) is 4.68 Å². The third kappa shape index (κ3) is 2.96. The summed E-state index contributed by atoms with van der Waals surface area (Å²) in [6.45, 7) is 1.01. The molecule has 1 heterocycles. The minimum absolute atomic E-state index is 0.653. The van der Waals surface area contributed by atoms with E-state index in [1.807, 2.05) is 42.3 Å². The number of hydrogen-bond acceptors (Lipinski definition) is 3. The predicted molar refractivity (Wildman–Crippen MR) is 70.5 cm³/mol. The van der Waals surface area contributed by atoms with Crippen molar-refractivity contribution >= 4 is 0 Å². The number of aromatic nitrogens is 2. The van der Waals surface area contributed by atoms with E-state index in [1.54, 1.807) is 6.07 Å². The van der Waals surface area contributed by atoms with E-state index < -0.39 is 0 Å². The highest BCUT2D eigenvalue weighted by molar-refractivity contribution is 5.40. The third-order valence-corrected chi connectivity index (χ3v) is 2.77. The van der Waals surface area contributed by atoms with E-state index in [4.69, 9.17) is 5.26 Å². The van der Waals surface area contributed by atoms with Crippen molar-refractivity contribution in [2.75, 3.05) is 13.6 Å². The van der Waals surface area contributed by atoms with Crippen molar-refractivity contribution < 1.29 is 0 Å². The van der Waals surface area contributed by atoms with E-state index in [9.17, 15) is 0 Å². The van der Waals surface area contributed by atoms with Crippen molar-refractivity contribution in [3.05, 3.63) is 47.8 Å². The summed E-state index contributed by atoms with van der Waals surface area (Å²) in [5, 5.41) is 16.3. The summed E-state index contributed by atoms with van der Waals surface area (Å²) < 4.78 is 1.82. The molecule has 0 fully saturated rings. The van der Waals surface area contributed by atoms with Crippen LogP contribution in [0.15, 0.2) is 36.7 Å². The Bertz CT molecular complexity index is 551. The third-order valence-electron chi connectivity index (χ3n) is 2.77. The average Bonchev–Trinajstić information content (AvgIpc) is 2.88. The van der Waals surface area contributed by atoms with Crippen molar-refractivity contribution in [2.24, 2.45) is 0 Å². The zero-order chi connectivity index (χ0) is 12.8. The van der Waals surface area contributed by atoms with Gasteiger partial charge in [0.1, 0.15) is 0 Å². The summed E-state index contributed by atoms with van der Waals surface area (Å²) in [4.78, 5) is 0. The van der Waals surface area contributed by atoms with Crippen LogP contribution < -0.4 is 5.32 Å². The molecule has 0 saturated heterocycles. The number of hydrogen-bond donors (Lipinski definition) is 1. The van der Waals surface area contributed by atoms with Gasteiger partial charge in [-0.15, -0.1) is 0 Å². The van der Waals surface area contributed by atoms with Crippen LogP contribution in [0, 0.1) is 11.3 Å². The van der Waals surface area contributed by atoms with Crippen molar-refractivity contribution in [1.82, 2.24) is 15.1 Å². The van der Waals surface area contributed by atoms with Crippen LogP contribution in [0.5, 0.6) is 0 Å². The maximum atomic E-state index is 8.87. The van der Waals surface area contributed by atoms with Gasteiger partial charge in [-0.05, 0) is 50.2 Å². The van der Waals surface area contributed by atoms with Gasteiger partial charge >= 0.3 is 0 Å². The smallest absolute Gasteiger partial charge is 0.0992 e. The maximum absolute atomic E-state index is 8.87. The fourth-order valence-electron chi connectivity index (χ4n) is 1.82. The van der Waals surface area contributed by atoms with Gasteiger partial charge in [0.2, 0.25) is 0 Å². The van der Waals surface area contributed by atoms with Gasteiger partial charge in [0, 0.05) is 6.20 Å². The van der Waals surface area contributed by atoms with Gasteiger partial charge in [-0.1, -0.05) is 6.07 Å². The molecule has 2 aromatic rings. The molecular weight excluding hydrogens is 224 g/mol. The van der Waals surface area contributed by atoms with Gasteiger partial charge in [0.15, 0.2) is 0 Å². The Hall–Kier alpha value is -2.12. The van der Waals surface area contributed by atoms with E-state index in [1.165, 1.54) is 5.56 Å². The number of rotatable bonds is 5. The van der Waals surface area contributed by atoms with Gasteiger partial charge in [0.25, 0.3) is 0 Å². The lowest BCUT2D eigenvalue weighted by Crippen LogP contribution is -2.08. The normalized spacial score (nSPS) is 10.2. The molecule has 0 atom stereocenters. The molecule has 0 spiro atoms. The molecule has 1 aromatic carbocycles. The molecule has 0 radical (unpaired) electrons. The number of nitriles is 1. The minimum atomic E-state index is 0.653. The molecule has 0 aliphatic rings. The average molecular weight is 240 g/mol. The standard InChI is InChI=1S/C14H16N4/c1-16-7-3-5-13-10-17-18(11-13)14-6-2-4-12(8-14)9-15/h2,4,6,8,10-11,16H,3,5,7H2,1H3. The summed E-state index contributed by atoms with van der Waals surface area (Å²) in [5.41, 5.74) is 2.79. The van der Waals surface area contributed by atoms with E-state index in [0.717, 1.165) is 25.1 Å². The summed E-state index contributed by atoms with van der Waals surface area (Å²) in [6.07, 6.45) is 6.01. The van der Waals surface area contributed by atoms with Crippen molar-refractivity contribution in [3.63, 3.8) is 0 Å². The molecule has 0 bridgehead atoms. The van der Waals surface area contributed by atoms with Gasteiger partial charge in [-0.2, -0.15) is 10.4 Å². The van der Waals surface area contributed by atoms with E-state index in [-0.39, 0.29) is 0 Å². The summed E-state index contributed by atoms with van der Waals surface area (Å²) in [7, 11) is 1.96. The quantitative estimate of drug-likeness (QED) is 0.812. The highest BCUT2D eigenvalue weighted by Crippen LogP contribution is 2.11. The number of benzene rings is 1. The Balaban J connectivity index is 2.11. The highest BCUT2D eigenvalue weighted by atomic mass is 15.3. The van der Waals surface area contributed by atoms with Crippen LogP contribution in [-0.4, -0.2) is 23.4 Å². The summed E-state index contributed by atoms with van der Waals surface area (Å²) in [6, 6.07) is 9.59. The van der Waals surface area contributed by atoms with E-state index >= 15 is 0 Å². The van der Waals surface area contributed by atoms with Crippen LogP contribution in [0.3, 0.4) is 0 Å². The monoisotopic (exact) mass is 240 g/mol. The topological polar surface area (TPSA) is 53.6 Å². The zero-order valence-electron chi connectivity index (χ0n) is 10.4. The molecule has 2 rings (SSSR count). The fourth-order valence-corrected chi connectivity index (χ4v) is 1.82. The molecule has 0 aliphatic heterocycles. The molecule has 4 heteroatoms. The van der Waals surface area contributed by atoms with Crippen molar-refractivity contribution in [3.8, 4) is 11.8 Å². The molecule has 0 aliphatic carbocycles. The highest BCUT2D eigenvalue weighted by Gasteiger charge is 2.01. The van der Waals surface area contributed by atoms with E-state index in [2.05, 4.69) is 16.5 Å². The maximum Gasteiger partial charge on any atom is 0.0992 e. The van der Waals surface area contributed by atoms with Crippen LogP contribution in [-0.2, 0) is 6.42 Å². The van der Waals surface area contributed by atoms with Crippen LogP contribution in [0.1, 0.15) is 17.5 Å². The molecule has 0 unspecified atom stereocenters. The van der Waals surface area contributed by atoms with Crippen molar-refractivity contribution in [1.29, 1.82) is 5.26 Å². The first-order valence-electron chi connectivity index (χ1n) is 6.02. The molecule has 18 heavy (non-hydrogen) atoms. The van der Waals surface area contributed by atoms with Crippen molar-refractivity contribution in [2.45, 2.75) is 12.8 Å². The first-order chi connectivity index (χ1) is 8.83. The van der Waals surface area contributed by atoms with Gasteiger partial charge in [-0.3, -0.25) is 0 Å². The number of nitrogens with one attached hydrogen (secondary N) is 1. The second kappa shape index (κ2) is 5.99. The lowest BCUT2D eigenvalue weighted by Gasteiger charge is -2.01. The molecule has 0 saturated carbocycles. The molecule has 1 N–H and O–H groups in total. The number of aryl methyl sites for hydroxylation is 1. The summed E-state index contributed by atoms with van der Waals surface area (Å²) >= 11 is 0. The van der Waals surface area contributed by atoms with Gasteiger partial charge < -0.3 is 5.32 Å². The molecule has 92 valence electrons. The molecule has 4 nitrogen and oxygen atoms in total. The summed E-state index contributed by atoms with van der Waals surface area (Å²) in [5.74, 6) is 0. The predicted octanol–water partition coefficient (Wildman–Crippen LogP) is 1.90. The molecule has 1 aromatic heterocycles. The fraction of sp³-hybridized carbons (Fsp3) is 0.286. The SMILES string of the molecule is CNCCCc1cnn(-c2cccc(C#N)c2)c1. The van der Waals surface area contributed by atoms with Gasteiger partial charge in [0.05, 0.1) is 23.5 Å². The van der Waals surface area contributed by atoms with Crippen LogP contribution >= 0.6 is 0 Å². The second-order valence-corrected chi connectivity index (χ2v) is 4.16. The first kappa shape index (κ1) is 12.3. The zero-order valence-corrected chi connectivity index (χ0v) is 10.4. The Morgan fingerprint density at radius 2 is 2.33 bits per heavy atom.